The van der Waals surface area contributed by atoms with Crippen molar-refractivity contribution < 1.29 is 13.2 Å². The molecule has 0 saturated heterocycles. The second-order valence-corrected chi connectivity index (χ2v) is 5.09. The molecule has 1 unspecified atom stereocenters. The zero-order chi connectivity index (χ0) is 12.6. The maximum Gasteiger partial charge on any atom is 0.417 e. The average molecular weight is 231 g/mol. The number of alkyl halides is 3. The summed E-state index contributed by atoms with van der Waals surface area (Å²) in [5.41, 5.74) is -0.130. The Balaban J connectivity index is 3.09. The Morgan fingerprint density at radius 3 is 2.12 bits per heavy atom. The van der Waals surface area contributed by atoms with Gasteiger partial charge in [0.05, 0.1) is 5.56 Å². The standard InChI is InChI=1S/C12H16F3N/c1-8(11(2,3)4)9-5-10(7-16-6-9)12(13,14)15/h5-8H,1-4H3. The summed E-state index contributed by atoms with van der Waals surface area (Å²) in [7, 11) is 0. The molecule has 1 heterocycles. The Labute approximate surface area is 93.7 Å². The van der Waals surface area contributed by atoms with Crippen molar-refractivity contribution in [3.8, 4) is 0 Å². The van der Waals surface area contributed by atoms with Crippen LogP contribution in [0.5, 0.6) is 0 Å². The van der Waals surface area contributed by atoms with Gasteiger partial charge in [-0.05, 0) is 23.0 Å². The highest BCUT2D eigenvalue weighted by molar-refractivity contribution is 5.24. The third kappa shape index (κ3) is 2.97. The van der Waals surface area contributed by atoms with E-state index in [0.29, 0.717) is 5.56 Å². The summed E-state index contributed by atoms with van der Waals surface area (Å²) < 4.78 is 37.5. The number of halogens is 3. The summed E-state index contributed by atoms with van der Waals surface area (Å²) in [5.74, 6) is 0.0299. The molecule has 0 amide bonds. The van der Waals surface area contributed by atoms with Crippen LogP contribution in [0.25, 0.3) is 0 Å². The molecule has 0 radical (unpaired) electrons. The van der Waals surface area contributed by atoms with E-state index in [-0.39, 0.29) is 11.3 Å². The van der Waals surface area contributed by atoms with E-state index in [2.05, 4.69) is 4.98 Å². The Hall–Kier alpha value is -1.06. The molecule has 16 heavy (non-hydrogen) atoms. The van der Waals surface area contributed by atoms with Crippen LogP contribution < -0.4 is 0 Å². The smallest absolute Gasteiger partial charge is 0.264 e. The van der Waals surface area contributed by atoms with Crippen molar-refractivity contribution in [1.82, 2.24) is 4.98 Å². The molecule has 1 aromatic rings. The first-order chi connectivity index (χ1) is 7.12. The molecule has 0 fully saturated rings. The van der Waals surface area contributed by atoms with E-state index in [0.717, 1.165) is 6.20 Å². The van der Waals surface area contributed by atoms with Gasteiger partial charge in [-0.25, -0.2) is 0 Å². The molecule has 0 aliphatic heterocycles. The van der Waals surface area contributed by atoms with Gasteiger partial charge in [0.15, 0.2) is 0 Å². The van der Waals surface area contributed by atoms with Gasteiger partial charge in [-0.1, -0.05) is 27.7 Å². The molecule has 1 aromatic heterocycles. The fourth-order valence-corrected chi connectivity index (χ4v) is 1.35. The van der Waals surface area contributed by atoms with E-state index < -0.39 is 11.7 Å². The van der Waals surface area contributed by atoms with Gasteiger partial charge in [0.2, 0.25) is 0 Å². The Bertz CT molecular complexity index is 363. The first-order valence-corrected chi connectivity index (χ1v) is 5.14. The van der Waals surface area contributed by atoms with Crippen molar-refractivity contribution in [2.24, 2.45) is 5.41 Å². The van der Waals surface area contributed by atoms with Crippen molar-refractivity contribution in [2.45, 2.75) is 39.8 Å². The molecule has 90 valence electrons. The van der Waals surface area contributed by atoms with Crippen molar-refractivity contribution >= 4 is 0 Å². The van der Waals surface area contributed by atoms with E-state index in [4.69, 9.17) is 0 Å². The second kappa shape index (κ2) is 4.07. The lowest BCUT2D eigenvalue weighted by Gasteiger charge is -2.27. The largest absolute Gasteiger partial charge is 0.417 e. The summed E-state index contributed by atoms with van der Waals surface area (Å²) in [6.45, 7) is 7.91. The Kier molecular flexibility index (Phi) is 3.31. The van der Waals surface area contributed by atoms with Crippen LogP contribution in [0.15, 0.2) is 18.5 Å². The lowest BCUT2D eigenvalue weighted by Crippen LogP contribution is -2.16. The molecular weight excluding hydrogens is 215 g/mol. The molecule has 4 heteroatoms. The number of pyridine rings is 1. The van der Waals surface area contributed by atoms with Gasteiger partial charge in [-0.15, -0.1) is 0 Å². The van der Waals surface area contributed by atoms with Crippen LogP contribution in [-0.2, 0) is 6.18 Å². The van der Waals surface area contributed by atoms with Crippen molar-refractivity contribution in [2.75, 3.05) is 0 Å². The minimum absolute atomic E-state index is 0.0299. The highest BCUT2D eigenvalue weighted by Gasteiger charge is 2.32. The van der Waals surface area contributed by atoms with Crippen molar-refractivity contribution in [3.63, 3.8) is 0 Å². The van der Waals surface area contributed by atoms with E-state index in [1.54, 1.807) is 0 Å². The zero-order valence-corrected chi connectivity index (χ0v) is 9.89. The number of hydrogen-bond donors (Lipinski definition) is 0. The molecule has 0 N–H and O–H groups in total. The van der Waals surface area contributed by atoms with Crippen LogP contribution in [0, 0.1) is 5.41 Å². The van der Waals surface area contributed by atoms with Gasteiger partial charge >= 0.3 is 6.18 Å². The summed E-state index contributed by atoms with van der Waals surface area (Å²) >= 11 is 0. The highest BCUT2D eigenvalue weighted by atomic mass is 19.4. The number of aromatic nitrogens is 1. The predicted octanol–water partition coefficient (Wildman–Crippen LogP) is 4.25. The molecule has 0 aliphatic carbocycles. The molecule has 0 aliphatic rings. The quantitative estimate of drug-likeness (QED) is 0.704. The van der Waals surface area contributed by atoms with Gasteiger partial charge in [0, 0.05) is 12.4 Å². The fourth-order valence-electron chi connectivity index (χ4n) is 1.35. The first-order valence-electron chi connectivity index (χ1n) is 5.14. The average Bonchev–Trinajstić information content (AvgIpc) is 2.14. The molecule has 0 saturated carbocycles. The normalized spacial score (nSPS) is 14.9. The first kappa shape index (κ1) is 13.0. The van der Waals surface area contributed by atoms with E-state index >= 15 is 0 Å². The van der Waals surface area contributed by atoms with Crippen LogP contribution in [0.3, 0.4) is 0 Å². The van der Waals surface area contributed by atoms with Crippen LogP contribution in [-0.4, -0.2) is 4.98 Å². The molecule has 1 nitrogen and oxygen atoms in total. The maximum atomic E-state index is 12.5. The minimum Gasteiger partial charge on any atom is -0.264 e. The molecule has 0 spiro atoms. The van der Waals surface area contributed by atoms with Gasteiger partial charge in [0.1, 0.15) is 0 Å². The van der Waals surface area contributed by atoms with E-state index in [9.17, 15) is 13.2 Å². The lowest BCUT2D eigenvalue weighted by molar-refractivity contribution is -0.137. The molecule has 1 atom stereocenters. The number of rotatable bonds is 1. The van der Waals surface area contributed by atoms with Gasteiger partial charge < -0.3 is 0 Å². The van der Waals surface area contributed by atoms with Crippen LogP contribution in [0.4, 0.5) is 13.2 Å². The monoisotopic (exact) mass is 231 g/mol. The van der Waals surface area contributed by atoms with E-state index in [1.807, 2.05) is 27.7 Å². The predicted molar refractivity (Wildman–Crippen MR) is 57.1 cm³/mol. The number of nitrogens with zero attached hydrogens (tertiary/aromatic N) is 1. The molecule has 0 aromatic carbocycles. The van der Waals surface area contributed by atoms with Crippen LogP contribution >= 0.6 is 0 Å². The van der Waals surface area contributed by atoms with Crippen molar-refractivity contribution in [3.05, 3.63) is 29.6 Å². The third-order valence-electron chi connectivity index (χ3n) is 2.89. The molecule has 0 bridgehead atoms. The zero-order valence-electron chi connectivity index (χ0n) is 9.89. The maximum absolute atomic E-state index is 12.5. The van der Waals surface area contributed by atoms with Crippen LogP contribution in [0.2, 0.25) is 0 Å². The SMILES string of the molecule is CC(c1cncc(C(F)(F)F)c1)C(C)(C)C. The molecule has 1 rings (SSSR count). The summed E-state index contributed by atoms with van der Waals surface area (Å²) in [6.07, 6.45) is -1.95. The summed E-state index contributed by atoms with van der Waals surface area (Å²) in [5, 5.41) is 0. The topological polar surface area (TPSA) is 12.9 Å². The summed E-state index contributed by atoms with van der Waals surface area (Å²) in [4.78, 5) is 3.67. The van der Waals surface area contributed by atoms with Gasteiger partial charge in [-0.3, -0.25) is 4.98 Å². The van der Waals surface area contributed by atoms with Crippen molar-refractivity contribution in [1.29, 1.82) is 0 Å². The van der Waals surface area contributed by atoms with Gasteiger partial charge in [-0.2, -0.15) is 13.2 Å². The van der Waals surface area contributed by atoms with E-state index in [1.165, 1.54) is 12.3 Å². The lowest BCUT2D eigenvalue weighted by atomic mass is 9.78. The minimum atomic E-state index is -4.32. The second-order valence-electron chi connectivity index (χ2n) is 5.09. The Morgan fingerprint density at radius 1 is 1.12 bits per heavy atom. The highest BCUT2D eigenvalue weighted by Crippen LogP contribution is 2.36. The number of hydrogen-bond acceptors (Lipinski definition) is 1. The summed E-state index contributed by atoms with van der Waals surface area (Å²) in [6, 6.07) is 1.18. The fraction of sp³-hybridized carbons (Fsp3) is 0.583. The van der Waals surface area contributed by atoms with Gasteiger partial charge in [0.25, 0.3) is 0 Å². The Morgan fingerprint density at radius 2 is 1.69 bits per heavy atom. The molecular formula is C12H16F3N. The van der Waals surface area contributed by atoms with Crippen LogP contribution in [0.1, 0.15) is 44.7 Å². The third-order valence-corrected chi connectivity index (χ3v) is 2.89.